The fourth-order valence-electron chi connectivity index (χ4n) is 0.493. The molecule has 0 amide bonds. The van der Waals surface area contributed by atoms with E-state index in [1.165, 1.54) is 0 Å². The Hall–Kier alpha value is 1.59. The zero-order chi connectivity index (χ0) is 7.33. The van der Waals surface area contributed by atoms with Crippen LogP contribution in [0.4, 0.5) is 0 Å². The first-order chi connectivity index (χ1) is 4.06. The predicted molar refractivity (Wildman–Crippen MR) is 47.1 cm³/mol. The van der Waals surface area contributed by atoms with E-state index >= 15 is 0 Å². The number of hydrogen-bond donors (Lipinski definition) is 0. The van der Waals surface area contributed by atoms with E-state index in [0.717, 1.165) is 6.42 Å². The second-order valence-electron chi connectivity index (χ2n) is 3.37. The zero-order valence-electron chi connectivity index (χ0n) is 7.94. The van der Waals surface area contributed by atoms with Crippen molar-refractivity contribution in [1.29, 1.82) is 0 Å². The molecule has 0 aromatic rings. The summed E-state index contributed by atoms with van der Waals surface area (Å²) in [5, 5.41) is 0. The van der Waals surface area contributed by atoms with Gasteiger partial charge in [0, 0.05) is 0 Å². The van der Waals surface area contributed by atoms with Gasteiger partial charge in [-0.15, -0.1) is 0 Å². The molecular formula is C8H17KSi+. The summed E-state index contributed by atoms with van der Waals surface area (Å²) in [5.41, 5.74) is 0. The van der Waals surface area contributed by atoms with E-state index < -0.39 is 8.07 Å². The maximum absolute atomic E-state index is 2.36. The third-order valence-electron chi connectivity index (χ3n) is 0.968. The summed E-state index contributed by atoms with van der Waals surface area (Å²) in [6, 6.07) is 2.36. The van der Waals surface area contributed by atoms with Gasteiger partial charge in [0.15, 0.2) is 0 Å². The van der Waals surface area contributed by atoms with E-state index in [1.807, 2.05) is 0 Å². The smallest absolute Gasteiger partial charge is 0.0888 e. The molecule has 0 aliphatic rings. The van der Waals surface area contributed by atoms with Crippen LogP contribution < -0.4 is 51.4 Å². The van der Waals surface area contributed by atoms with Crippen LogP contribution in [0.25, 0.3) is 0 Å². The maximum atomic E-state index is 2.36. The molecule has 10 heavy (non-hydrogen) atoms. The van der Waals surface area contributed by atoms with E-state index in [4.69, 9.17) is 0 Å². The van der Waals surface area contributed by atoms with E-state index in [9.17, 15) is 0 Å². The van der Waals surface area contributed by atoms with Crippen molar-refractivity contribution in [1.82, 2.24) is 0 Å². The molecule has 0 heterocycles. The van der Waals surface area contributed by atoms with E-state index in [2.05, 4.69) is 44.8 Å². The molecule has 0 saturated heterocycles. The molecule has 0 nitrogen and oxygen atoms in total. The van der Waals surface area contributed by atoms with E-state index in [1.54, 1.807) is 0 Å². The molecule has 0 saturated carbocycles. The topological polar surface area (TPSA) is 0 Å². The van der Waals surface area contributed by atoms with Gasteiger partial charge in [-0.2, -0.15) is 0 Å². The van der Waals surface area contributed by atoms with Crippen molar-refractivity contribution in [2.75, 3.05) is 0 Å². The molecule has 0 aromatic carbocycles. The van der Waals surface area contributed by atoms with Crippen molar-refractivity contribution < 1.29 is 51.4 Å². The summed E-state index contributed by atoms with van der Waals surface area (Å²) in [6.07, 6.45) is 5.56. The first kappa shape index (κ1) is 14.1. The number of allylic oxidation sites excluding steroid dienone is 2. The molecule has 2 heteroatoms. The van der Waals surface area contributed by atoms with Gasteiger partial charge in [-0.1, -0.05) is 38.7 Å². The van der Waals surface area contributed by atoms with Crippen LogP contribution in [0.3, 0.4) is 0 Å². The molecule has 0 rings (SSSR count). The van der Waals surface area contributed by atoms with Gasteiger partial charge in [-0.3, -0.25) is 0 Å². The largest absolute Gasteiger partial charge is 1.00 e. The van der Waals surface area contributed by atoms with Gasteiger partial charge in [-0.05, 0) is 12.5 Å². The van der Waals surface area contributed by atoms with Crippen LogP contribution >= 0.6 is 0 Å². The molecule has 0 bridgehead atoms. The Morgan fingerprint density at radius 3 is 2.00 bits per heavy atom. The van der Waals surface area contributed by atoms with Crippen LogP contribution in [0, 0.1) is 6.04 Å². The van der Waals surface area contributed by atoms with E-state index in [0.29, 0.717) is 0 Å². The van der Waals surface area contributed by atoms with Crippen LogP contribution in [0.5, 0.6) is 0 Å². The molecule has 0 N–H and O–H groups in total. The van der Waals surface area contributed by atoms with Gasteiger partial charge in [0.25, 0.3) is 0 Å². The Labute approximate surface area is 109 Å². The molecule has 0 atom stereocenters. The average Bonchev–Trinajstić information content (AvgIpc) is 1.63. The minimum atomic E-state index is -0.906. The van der Waals surface area contributed by atoms with Gasteiger partial charge in [-0.25, -0.2) is 0 Å². The molecule has 1 radical (unpaired) electrons. The molecule has 0 aliphatic carbocycles. The van der Waals surface area contributed by atoms with Gasteiger partial charge >= 0.3 is 51.4 Å². The monoisotopic (exact) mass is 180 g/mol. The molecule has 0 aliphatic heterocycles. The normalized spacial score (nSPS) is 11.6. The standard InChI is InChI=1S/C8H17Si.K/c1-5-6-7-8-9(2,3)4;/h6-8H,5H2,1-4H3;/q;+1/b7-6+;. The van der Waals surface area contributed by atoms with Gasteiger partial charge in [0.05, 0.1) is 8.07 Å². The van der Waals surface area contributed by atoms with Crippen molar-refractivity contribution >= 4 is 8.07 Å². The van der Waals surface area contributed by atoms with Crippen molar-refractivity contribution in [3.05, 3.63) is 18.2 Å². The van der Waals surface area contributed by atoms with Crippen molar-refractivity contribution in [3.8, 4) is 0 Å². The van der Waals surface area contributed by atoms with Crippen LogP contribution in [0.1, 0.15) is 13.3 Å². The van der Waals surface area contributed by atoms with Crippen molar-refractivity contribution in [2.45, 2.75) is 33.0 Å². The first-order valence-electron chi connectivity index (χ1n) is 3.57. The Morgan fingerprint density at radius 1 is 1.20 bits per heavy atom. The molecule has 0 unspecified atom stereocenters. The summed E-state index contributed by atoms with van der Waals surface area (Å²) >= 11 is 0. The molecule has 0 aromatic heterocycles. The SMILES string of the molecule is CC/C=C/[CH][Si](C)(C)C.[K+]. The molecular weight excluding hydrogens is 163 g/mol. The van der Waals surface area contributed by atoms with Gasteiger partial charge in [0.2, 0.25) is 0 Å². The summed E-state index contributed by atoms with van der Waals surface area (Å²) < 4.78 is 0. The summed E-state index contributed by atoms with van der Waals surface area (Å²) in [6.45, 7) is 9.18. The fourth-order valence-corrected chi connectivity index (χ4v) is 1.21. The third-order valence-corrected chi connectivity index (χ3v) is 2.16. The molecule has 0 spiro atoms. The van der Waals surface area contributed by atoms with Gasteiger partial charge in [0.1, 0.15) is 0 Å². The Bertz CT molecular complexity index is 91.9. The predicted octanol–water partition coefficient (Wildman–Crippen LogP) is 0.0383. The van der Waals surface area contributed by atoms with Gasteiger partial charge < -0.3 is 0 Å². The number of rotatable bonds is 3. The number of hydrogen-bond acceptors (Lipinski definition) is 0. The van der Waals surface area contributed by atoms with Crippen LogP contribution in [-0.2, 0) is 0 Å². The molecule has 53 valence electrons. The molecule has 0 fully saturated rings. The minimum Gasteiger partial charge on any atom is -0.0888 e. The quantitative estimate of drug-likeness (QED) is 0.538. The summed E-state index contributed by atoms with van der Waals surface area (Å²) in [5.74, 6) is 0. The minimum absolute atomic E-state index is 0. The third kappa shape index (κ3) is 12.3. The summed E-state index contributed by atoms with van der Waals surface area (Å²) in [7, 11) is -0.906. The summed E-state index contributed by atoms with van der Waals surface area (Å²) in [4.78, 5) is 0. The second kappa shape index (κ2) is 7.25. The van der Waals surface area contributed by atoms with Crippen LogP contribution in [0.2, 0.25) is 19.6 Å². The average molecular weight is 180 g/mol. The Morgan fingerprint density at radius 2 is 1.70 bits per heavy atom. The second-order valence-corrected chi connectivity index (χ2v) is 8.43. The van der Waals surface area contributed by atoms with E-state index in [-0.39, 0.29) is 51.4 Å². The maximum Gasteiger partial charge on any atom is 1.00 e. The van der Waals surface area contributed by atoms with Crippen LogP contribution in [0.15, 0.2) is 12.2 Å². The zero-order valence-corrected chi connectivity index (χ0v) is 12.1. The Balaban J connectivity index is 0. The fraction of sp³-hybridized carbons (Fsp3) is 0.625. The van der Waals surface area contributed by atoms with Crippen molar-refractivity contribution in [2.24, 2.45) is 0 Å². The van der Waals surface area contributed by atoms with Crippen LogP contribution in [-0.4, -0.2) is 8.07 Å². The Kier molecular flexibility index (Phi) is 10.3. The first-order valence-corrected chi connectivity index (χ1v) is 7.15. The van der Waals surface area contributed by atoms with Crippen molar-refractivity contribution in [3.63, 3.8) is 0 Å².